The van der Waals surface area contributed by atoms with Crippen LogP contribution >= 0.6 is 0 Å². The molecule has 0 spiro atoms. The molecule has 1 fully saturated rings. The summed E-state index contributed by atoms with van der Waals surface area (Å²) in [5.41, 5.74) is 3.73. The predicted octanol–water partition coefficient (Wildman–Crippen LogP) is 3.35. The van der Waals surface area contributed by atoms with Gasteiger partial charge in [-0.2, -0.15) is 5.10 Å². The number of aliphatic hydroxyl groups excluding tert-OH is 2. The second-order valence-corrected chi connectivity index (χ2v) is 10.5. The number of H-pyrrole nitrogens is 1. The van der Waals surface area contributed by atoms with Gasteiger partial charge in [-0.3, -0.25) is 10.00 Å². The Morgan fingerprint density at radius 2 is 1.69 bits per heavy atom. The first-order valence-corrected chi connectivity index (χ1v) is 11.6. The van der Waals surface area contributed by atoms with Crippen molar-refractivity contribution in [2.45, 2.75) is 50.7 Å². The fourth-order valence-electron chi connectivity index (χ4n) is 5.74. The monoisotopic (exact) mass is 434 g/mol. The third-order valence-corrected chi connectivity index (χ3v) is 7.74. The Balaban J connectivity index is 1.26. The first-order chi connectivity index (χ1) is 15.2. The molecule has 5 rings (SSSR count). The van der Waals surface area contributed by atoms with E-state index < -0.39 is 12.2 Å². The number of piperazine rings is 1. The summed E-state index contributed by atoms with van der Waals surface area (Å²) < 4.78 is 0. The quantitative estimate of drug-likeness (QED) is 0.587. The van der Waals surface area contributed by atoms with Crippen LogP contribution in [0, 0.1) is 0 Å². The summed E-state index contributed by atoms with van der Waals surface area (Å²) in [5, 5.41) is 30.7. The minimum absolute atomic E-state index is 0.283. The van der Waals surface area contributed by atoms with Gasteiger partial charge in [-0.15, -0.1) is 0 Å². The van der Waals surface area contributed by atoms with Crippen LogP contribution < -0.4 is 4.90 Å². The topological polar surface area (TPSA) is 75.6 Å². The highest BCUT2D eigenvalue weighted by molar-refractivity contribution is 5.90. The van der Waals surface area contributed by atoms with Crippen molar-refractivity contribution >= 4 is 16.7 Å². The van der Waals surface area contributed by atoms with Crippen LogP contribution in [-0.2, 0) is 10.8 Å². The van der Waals surface area contributed by atoms with Crippen LogP contribution in [0.15, 0.2) is 42.5 Å². The fourth-order valence-corrected chi connectivity index (χ4v) is 5.74. The van der Waals surface area contributed by atoms with Crippen molar-refractivity contribution in [2.75, 3.05) is 37.6 Å². The Morgan fingerprint density at radius 3 is 2.44 bits per heavy atom. The zero-order valence-corrected chi connectivity index (χ0v) is 19.5. The van der Waals surface area contributed by atoms with E-state index in [9.17, 15) is 10.2 Å². The van der Waals surface area contributed by atoms with Gasteiger partial charge < -0.3 is 15.1 Å². The molecule has 1 aliphatic heterocycles. The maximum atomic E-state index is 11.0. The lowest BCUT2D eigenvalue weighted by Crippen LogP contribution is -2.47. The summed E-state index contributed by atoms with van der Waals surface area (Å²) in [7, 11) is 0. The minimum atomic E-state index is -0.547. The second-order valence-electron chi connectivity index (χ2n) is 10.5. The number of anilines is 1. The molecule has 1 aromatic heterocycles. The first kappa shape index (κ1) is 21.4. The Hall–Kier alpha value is -2.41. The summed E-state index contributed by atoms with van der Waals surface area (Å²) in [6, 6.07) is 14.5. The van der Waals surface area contributed by atoms with Gasteiger partial charge in [0.2, 0.25) is 0 Å². The number of rotatable bonds is 4. The van der Waals surface area contributed by atoms with Crippen molar-refractivity contribution < 1.29 is 10.2 Å². The molecule has 0 radical (unpaired) electrons. The molecule has 2 aliphatic rings. The summed E-state index contributed by atoms with van der Waals surface area (Å²) in [6.07, 6.45) is -0.988. The molecule has 2 atom stereocenters. The summed E-state index contributed by atoms with van der Waals surface area (Å²) in [6.45, 7) is 12.6. The lowest BCUT2D eigenvalue weighted by Gasteiger charge is -2.36. The van der Waals surface area contributed by atoms with Crippen LogP contribution in [0.4, 0.5) is 5.82 Å². The molecule has 0 bridgehead atoms. The molecule has 2 heterocycles. The van der Waals surface area contributed by atoms with E-state index in [4.69, 9.17) is 0 Å². The Kier molecular flexibility index (Phi) is 5.08. The van der Waals surface area contributed by atoms with Crippen molar-refractivity contribution in [3.05, 3.63) is 59.2 Å². The molecule has 1 aliphatic carbocycles. The molecular formula is C26H34N4O2. The Bertz CT molecular complexity index is 1130. The number of fused-ring (bicyclic) bond motifs is 2. The molecule has 32 heavy (non-hydrogen) atoms. The number of nitrogens with one attached hydrogen (secondary N) is 1. The Morgan fingerprint density at radius 1 is 1.00 bits per heavy atom. The molecule has 6 nitrogen and oxygen atoms in total. The molecule has 0 saturated carbocycles. The Labute approximate surface area is 189 Å². The maximum Gasteiger partial charge on any atom is 0.158 e. The molecule has 0 amide bonds. The fraction of sp³-hybridized carbons (Fsp3) is 0.500. The summed E-state index contributed by atoms with van der Waals surface area (Å²) in [5.74, 6) is 1.02. The number of benzene rings is 2. The lowest BCUT2D eigenvalue weighted by atomic mass is 9.78. The number of nitrogens with zero attached hydrogens (tertiary/aromatic N) is 3. The maximum absolute atomic E-state index is 11.0. The van der Waals surface area contributed by atoms with Gasteiger partial charge in [0.15, 0.2) is 5.82 Å². The van der Waals surface area contributed by atoms with Crippen LogP contribution in [0.3, 0.4) is 0 Å². The van der Waals surface area contributed by atoms with E-state index in [0.717, 1.165) is 54.0 Å². The van der Waals surface area contributed by atoms with Crippen molar-refractivity contribution in [2.24, 2.45) is 0 Å². The number of aromatic nitrogens is 2. The van der Waals surface area contributed by atoms with Crippen LogP contribution in [0.2, 0.25) is 0 Å². The van der Waals surface area contributed by atoms with Crippen molar-refractivity contribution in [3.63, 3.8) is 0 Å². The van der Waals surface area contributed by atoms with Gasteiger partial charge in [-0.1, -0.05) is 58.0 Å². The molecule has 170 valence electrons. The van der Waals surface area contributed by atoms with Gasteiger partial charge in [-0.25, -0.2) is 0 Å². The second kappa shape index (κ2) is 7.58. The third-order valence-electron chi connectivity index (χ3n) is 7.74. The minimum Gasteiger partial charge on any atom is -0.391 e. The van der Waals surface area contributed by atoms with E-state index in [1.165, 1.54) is 5.56 Å². The van der Waals surface area contributed by atoms with Crippen molar-refractivity contribution in [1.82, 2.24) is 15.1 Å². The van der Waals surface area contributed by atoms with Gasteiger partial charge in [0.25, 0.3) is 0 Å². The normalized spacial score (nSPS) is 23.4. The number of aromatic amines is 1. The molecule has 3 N–H and O–H groups in total. The SMILES string of the molecule is CC1(C)c2ccc(C(O)CN3CCN(c4n[nH]c5ccccc45)CC3)cc2C(C)(C)C1O. The highest BCUT2D eigenvalue weighted by atomic mass is 16.3. The molecule has 3 aromatic rings. The number of hydrogen-bond donors (Lipinski definition) is 3. The summed E-state index contributed by atoms with van der Waals surface area (Å²) in [4.78, 5) is 4.65. The van der Waals surface area contributed by atoms with Gasteiger partial charge in [0.05, 0.1) is 17.7 Å². The zero-order valence-electron chi connectivity index (χ0n) is 19.5. The van der Waals surface area contributed by atoms with Crippen LogP contribution in [0.25, 0.3) is 10.9 Å². The molecule has 1 saturated heterocycles. The summed E-state index contributed by atoms with van der Waals surface area (Å²) >= 11 is 0. The van der Waals surface area contributed by atoms with E-state index >= 15 is 0 Å². The number of para-hydroxylation sites is 1. The highest BCUT2D eigenvalue weighted by Gasteiger charge is 2.50. The third kappa shape index (κ3) is 3.33. The molecular weight excluding hydrogens is 400 g/mol. The number of aliphatic hydroxyl groups is 2. The van der Waals surface area contributed by atoms with Crippen LogP contribution in [0.1, 0.15) is 50.5 Å². The predicted molar refractivity (Wildman–Crippen MR) is 128 cm³/mol. The number of hydrogen-bond acceptors (Lipinski definition) is 5. The van der Waals surface area contributed by atoms with E-state index in [2.05, 4.69) is 72.0 Å². The van der Waals surface area contributed by atoms with Crippen LogP contribution in [-0.4, -0.2) is 64.1 Å². The van der Waals surface area contributed by atoms with E-state index in [0.29, 0.717) is 6.54 Å². The zero-order chi connectivity index (χ0) is 22.7. The van der Waals surface area contributed by atoms with Gasteiger partial charge in [-0.05, 0) is 28.8 Å². The van der Waals surface area contributed by atoms with Gasteiger partial charge in [0.1, 0.15) is 0 Å². The smallest absolute Gasteiger partial charge is 0.158 e. The molecule has 2 unspecified atom stereocenters. The average molecular weight is 435 g/mol. The standard InChI is InChI=1S/C26H34N4O2/c1-25(2)19-10-9-17(15-20(19)26(3,4)24(25)32)22(31)16-29-11-13-30(14-12-29)23-18-7-5-6-8-21(18)27-28-23/h5-10,15,22,24,31-32H,11-14,16H2,1-4H3,(H,27,28). The van der Waals surface area contributed by atoms with Gasteiger partial charge >= 0.3 is 0 Å². The van der Waals surface area contributed by atoms with E-state index in [1.54, 1.807) is 0 Å². The highest BCUT2D eigenvalue weighted by Crippen LogP contribution is 2.49. The largest absolute Gasteiger partial charge is 0.391 e. The lowest BCUT2D eigenvalue weighted by molar-refractivity contribution is 0.0566. The van der Waals surface area contributed by atoms with Crippen LogP contribution in [0.5, 0.6) is 0 Å². The average Bonchev–Trinajstić information content (AvgIpc) is 3.27. The number of β-amino-alcohol motifs (C(OH)–C–C–N with tert-alkyl or cyclic N) is 1. The first-order valence-electron chi connectivity index (χ1n) is 11.6. The molecule has 6 heteroatoms. The van der Waals surface area contributed by atoms with Gasteiger partial charge in [0, 0.05) is 48.9 Å². The van der Waals surface area contributed by atoms with E-state index in [-0.39, 0.29) is 10.8 Å². The van der Waals surface area contributed by atoms with Crippen molar-refractivity contribution in [1.29, 1.82) is 0 Å². The molecule has 2 aromatic carbocycles. The van der Waals surface area contributed by atoms with E-state index in [1.807, 2.05) is 18.2 Å². The van der Waals surface area contributed by atoms with Crippen molar-refractivity contribution in [3.8, 4) is 0 Å².